The molecule has 0 fully saturated rings. The molecule has 5 heteroatoms. The van der Waals surface area contributed by atoms with Crippen molar-refractivity contribution in [1.82, 2.24) is 14.9 Å². The molecule has 1 amide bonds. The average Bonchev–Trinajstić information content (AvgIpc) is 3.23. The highest BCUT2D eigenvalue weighted by Crippen LogP contribution is 2.28. The van der Waals surface area contributed by atoms with Gasteiger partial charge in [0.2, 0.25) is 5.91 Å². The van der Waals surface area contributed by atoms with Gasteiger partial charge in [-0.25, -0.2) is 0 Å². The molecule has 2 N–H and O–H groups in total. The zero-order valence-electron chi connectivity index (χ0n) is 15.6. The van der Waals surface area contributed by atoms with Crippen LogP contribution < -0.4 is 10.1 Å². The Morgan fingerprint density at radius 3 is 2.85 bits per heavy atom. The van der Waals surface area contributed by atoms with Crippen LogP contribution in [-0.4, -0.2) is 29.1 Å². The standard InChI is InChI=1S/C22H23N3O2/c1-15(26)23-11-9-18-19-13-17(27-2)7-8-20(19)24-21(18)14-25-12-10-16-5-3-4-6-22(16)25/h3-8,10,12-13,24H,9,11,14H2,1-2H3,(H,23,26). The lowest BCUT2D eigenvalue weighted by Gasteiger charge is -2.09. The van der Waals surface area contributed by atoms with E-state index in [0.717, 1.165) is 35.3 Å². The summed E-state index contributed by atoms with van der Waals surface area (Å²) >= 11 is 0. The van der Waals surface area contributed by atoms with Crippen molar-refractivity contribution in [1.29, 1.82) is 0 Å². The number of carbonyl (C=O) groups is 1. The molecular weight excluding hydrogens is 338 g/mol. The van der Waals surface area contributed by atoms with Gasteiger partial charge in [-0.3, -0.25) is 4.79 Å². The van der Waals surface area contributed by atoms with Gasteiger partial charge in [-0.2, -0.15) is 0 Å². The fourth-order valence-corrected chi connectivity index (χ4v) is 3.64. The van der Waals surface area contributed by atoms with Gasteiger partial charge in [0.05, 0.1) is 13.7 Å². The van der Waals surface area contributed by atoms with Crippen molar-refractivity contribution in [3.05, 3.63) is 66.0 Å². The van der Waals surface area contributed by atoms with Gasteiger partial charge in [-0.05, 0) is 47.7 Å². The fraction of sp³-hybridized carbons (Fsp3) is 0.227. The molecule has 138 valence electrons. The molecule has 27 heavy (non-hydrogen) atoms. The number of benzene rings is 2. The topological polar surface area (TPSA) is 59.0 Å². The minimum atomic E-state index is -0.00891. The number of ether oxygens (including phenoxy) is 1. The minimum Gasteiger partial charge on any atom is -0.497 e. The lowest BCUT2D eigenvalue weighted by Crippen LogP contribution is -2.22. The van der Waals surface area contributed by atoms with Crippen molar-refractivity contribution in [2.24, 2.45) is 0 Å². The summed E-state index contributed by atoms with van der Waals surface area (Å²) in [5, 5.41) is 5.28. The maximum absolute atomic E-state index is 11.3. The number of H-pyrrole nitrogens is 1. The van der Waals surface area contributed by atoms with E-state index >= 15 is 0 Å². The molecule has 0 saturated carbocycles. The van der Waals surface area contributed by atoms with E-state index < -0.39 is 0 Å². The summed E-state index contributed by atoms with van der Waals surface area (Å²) in [4.78, 5) is 14.8. The number of hydrogen-bond donors (Lipinski definition) is 2. The molecule has 5 nitrogen and oxygen atoms in total. The van der Waals surface area contributed by atoms with Gasteiger partial charge in [0.15, 0.2) is 0 Å². The Morgan fingerprint density at radius 1 is 1.19 bits per heavy atom. The third kappa shape index (κ3) is 3.40. The Balaban J connectivity index is 1.74. The Hall–Kier alpha value is -3.21. The van der Waals surface area contributed by atoms with E-state index in [0.29, 0.717) is 6.54 Å². The van der Waals surface area contributed by atoms with E-state index in [2.05, 4.69) is 57.5 Å². The molecule has 0 aliphatic carbocycles. The van der Waals surface area contributed by atoms with Crippen LogP contribution in [0.1, 0.15) is 18.2 Å². The average molecular weight is 361 g/mol. The molecule has 0 unspecified atom stereocenters. The molecule has 2 heterocycles. The Bertz CT molecular complexity index is 1110. The van der Waals surface area contributed by atoms with E-state index in [9.17, 15) is 4.79 Å². The predicted molar refractivity (Wildman–Crippen MR) is 108 cm³/mol. The first kappa shape index (κ1) is 17.2. The maximum atomic E-state index is 11.3. The quantitative estimate of drug-likeness (QED) is 0.548. The Kier molecular flexibility index (Phi) is 4.59. The van der Waals surface area contributed by atoms with E-state index in [1.807, 2.05) is 12.1 Å². The van der Waals surface area contributed by atoms with Gasteiger partial charge >= 0.3 is 0 Å². The summed E-state index contributed by atoms with van der Waals surface area (Å²) in [6.45, 7) is 2.91. The highest BCUT2D eigenvalue weighted by atomic mass is 16.5. The van der Waals surface area contributed by atoms with Crippen LogP contribution in [0.2, 0.25) is 0 Å². The highest BCUT2D eigenvalue weighted by Gasteiger charge is 2.14. The van der Waals surface area contributed by atoms with Crippen LogP contribution in [0.25, 0.3) is 21.8 Å². The first-order valence-electron chi connectivity index (χ1n) is 9.11. The Morgan fingerprint density at radius 2 is 2.04 bits per heavy atom. The maximum Gasteiger partial charge on any atom is 0.216 e. The second kappa shape index (κ2) is 7.19. The second-order valence-corrected chi connectivity index (χ2v) is 6.73. The number of nitrogens with zero attached hydrogens (tertiary/aromatic N) is 1. The number of fused-ring (bicyclic) bond motifs is 2. The molecular formula is C22H23N3O2. The first-order valence-corrected chi connectivity index (χ1v) is 9.11. The molecule has 0 aliphatic heterocycles. The summed E-state index contributed by atoms with van der Waals surface area (Å²) in [5.74, 6) is 0.825. The number of amides is 1. The van der Waals surface area contributed by atoms with Crippen LogP contribution in [0.3, 0.4) is 0 Å². The predicted octanol–water partition coefficient (Wildman–Crippen LogP) is 3.86. The summed E-state index contributed by atoms with van der Waals surface area (Å²) in [6, 6.07) is 16.6. The van der Waals surface area contributed by atoms with E-state index in [1.54, 1.807) is 14.0 Å². The van der Waals surface area contributed by atoms with Crippen molar-refractivity contribution in [3.63, 3.8) is 0 Å². The van der Waals surface area contributed by atoms with Crippen molar-refractivity contribution < 1.29 is 9.53 Å². The number of aromatic nitrogens is 2. The molecule has 4 aromatic rings. The molecule has 0 bridgehead atoms. The normalized spacial score (nSPS) is 11.2. The van der Waals surface area contributed by atoms with Gasteiger partial charge in [-0.1, -0.05) is 18.2 Å². The Labute approximate surface area is 157 Å². The lowest BCUT2D eigenvalue weighted by atomic mass is 10.1. The monoisotopic (exact) mass is 361 g/mol. The van der Waals surface area contributed by atoms with Crippen molar-refractivity contribution >= 4 is 27.7 Å². The third-order valence-corrected chi connectivity index (χ3v) is 4.96. The summed E-state index contributed by atoms with van der Waals surface area (Å²) in [6.07, 6.45) is 2.88. The summed E-state index contributed by atoms with van der Waals surface area (Å²) in [5.41, 5.74) is 4.67. The minimum absolute atomic E-state index is 0.00891. The molecule has 0 aliphatic rings. The van der Waals surface area contributed by atoms with Gasteiger partial charge in [0.25, 0.3) is 0 Å². The van der Waals surface area contributed by atoms with Gasteiger partial charge in [0.1, 0.15) is 5.75 Å². The number of methoxy groups -OCH3 is 1. The van der Waals surface area contributed by atoms with Gasteiger partial charge in [0, 0.05) is 41.8 Å². The van der Waals surface area contributed by atoms with E-state index in [-0.39, 0.29) is 5.91 Å². The zero-order chi connectivity index (χ0) is 18.8. The number of aromatic amines is 1. The third-order valence-electron chi connectivity index (χ3n) is 4.96. The van der Waals surface area contributed by atoms with Crippen molar-refractivity contribution in [2.75, 3.05) is 13.7 Å². The van der Waals surface area contributed by atoms with Crippen LogP contribution in [0.15, 0.2) is 54.7 Å². The van der Waals surface area contributed by atoms with Crippen molar-refractivity contribution in [3.8, 4) is 5.75 Å². The molecule has 0 radical (unpaired) electrons. The molecule has 2 aromatic heterocycles. The number of rotatable bonds is 6. The van der Waals surface area contributed by atoms with Gasteiger partial charge in [-0.15, -0.1) is 0 Å². The molecule has 0 saturated heterocycles. The van der Waals surface area contributed by atoms with E-state index in [4.69, 9.17) is 4.74 Å². The van der Waals surface area contributed by atoms with Crippen LogP contribution in [0, 0.1) is 0 Å². The lowest BCUT2D eigenvalue weighted by molar-refractivity contribution is -0.118. The van der Waals surface area contributed by atoms with E-state index in [1.165, 1.54) is 16.5 Å². The number of nitrogens with one attached hydrogen (secondary N) is 2. The smallest absolute Gasteiger partial charge is 0.216 e. The number of carbonyl (C=O) groups excluding carboxylic acids is 1. The number of hydrogen-bond acceptors (Lipinski definition) is 2. The SMILES string of the molecule is COc1ccc2[nH]c(Cn3ccc4ccccc43)c(CCNC(C)=O)c2c1. The summed E-state index contributed by atoms with van der Waals surface area (Å²) < 4.78 is 7.65. The molecule has 4 rings (SSSR count). The molecule has 0 spiro atoms. The van der Waals surface area contributed by atoms with Crippen LogP contribution in [0.4, 0.5) is 0 Å². The number of para-hydroxylation sites is 1. The first-order chi connectivity index (χ1) is 13.2. The van der Waals surface area contributed by atoms with Gasteiger partial charge < -0.3 is 19.6 Å². The van der Waals surface area contributed by atoms with Crippen molar-refractivity contribution in [2.45, 2.75) is 19.9 Å². The largest absolute Gasteiger partial charge is 0.497 e. The summed E-state index contributed by atoms with van der Waals surface area (Å²) in [7, 11) is 1.68. The molecule has 0 atom stereocenters. The fourth-order valence-electron chi connectivity index (χ4n) is 3.64. The zero-order valence-corrected chi connectivity index (χ0v) is 15.6. The highest BCUT2D eigenvalue weighted by molar-refractivity contribution is 5.86. The second-order valence-electron chi connectivity index (χ2n) is 6.73. The van der Waals surface area contributed by atoms with Crippen LogP contribution >= 0.6 is 0 Å². The van der Waals surface area contributed by atoms with Crippen LogP contribution in [0.5, 0.6) is 5.75 Å². The van der Waals surface area contributed by atoms with Crippen LogP contribution in [-0.2, 0) is 17.8 Å². The molecule has 2 aromatic carbocycles.